The molecule has 252 valence electrons. The first-order chi connectivity index (χ1) is 23.6. The van der Waals surface area contributed by atoms with Gasteiger partial charge in [0.1, 0.15) is 28.8 Å². The van der Waals surface area contributed by atoms with Gasteiger partial charge in [-0.15, -0.1) is 0 Å². The van der Waals surface area contributed by atoms with Gasteiger partial charge in [-0.2, -0.15) is 0 Å². The maximum atomic E-state index is 16.2. The maximum Gasteiger partial charge on any atom is 0.341 e. The van der Waals surface area contributed by atoms with Crippen LogP contribution in [0.15, 0.2) is 82.9 Å². The van der Waals surface area contributed by atoms with Crippen molar-refractivity contribution in [3.05, 3.63) is 116 Å². The lowest BCUT2D eigenvalue weighted by atomic mass is 9.98. The average Bonchev–Trinajstić information content (AvgIpc) is 3.48. The quantitative estimate of drug-likeness (QED) is 0.233. The molecule has 1 unspecified atom stereocenters. The molecular weight excluding hydrogens is 653 g/mol. The average molecular weight is 686 g/mol. The molecule has 2 atom stereocenters. The van der Waals surface area contributed by atoms with Gasteiger partial charge in [0.15, 0.2) is 0 Å². The summed E-state index contributed by atoms with van der Waals surface area (Å²) >= 11 is 6.30. The van der Waals surface area contributed by atoms with E-state index in [0.29, 0.717) is 35.2 Å². The molecule has 12 nitrogen and oxygen atoms in total. The number of aromatic carboxylic acids is 1. The van der Waals surface area contributed by atoms with Gasteiger partial charge in [-0.3, -0.25) is 9.59 Å². The smallest absolute Gasteiger partial charge is 0.341 e. The van der Waals surface area contributed by atoms with E-state index in [4.69, 9.17) is 16.3 Å². The number of halogens is 2. The fourth-order valence-corrected chi connectivity index (χ4v) is 6.71. The molecular formula is C35H33ClFN7O5. The number of pyridine rings is 4. The van der Waals surface area contributed by atoms with Crippen LogP contribution in [0.25, 0.3) is 16.6 Å². The molecule has 2 fully saturated rings. The van der Waals surface area contributed by atoms with E-state index in [9.17, 15) is 19.5 Å². The van der Waals surface area contributed by atoms with Gasteiger partial charge in [-0.05, 0) is 62.5 Å². The number of carboxylic acids is 1. The molecule has 0 bridgehead atoms. The van der Waals surface area contributed by atoms with E-state index in [1.165, 1.54) is 12.3 Å². The number of nitrogens with zero attached hydrogens (tertiary/aromatic N) is 6. The lowest BCUT2D eigenvalue weighted by Gasteiger charge is -2.43. The van der Waals surface area contributed by atoms with Crippen LogP contribution in [0.5, 0.6) is 5.88 Å². The number of carboxylic acid groups (broad SMARTS) is 1. The molecule has 49 heavy (non-hydrogen) atoms. The van der Waals surface area contributed by atoms with Crippen molar-refractivity contribution in [2.45, 2.75) is 24.4 Å². The number of likely N-dealkylation sites (N-methyl/N-ethyl adjacent to an activating group) is 1. The number of hydrogen-bond acceptors (Lipinski definition) is 9. The summed E-state index contributed by atoms with van der Waals surface area (Å²) in [5.41, 5.74) is 0.397. The fourth-order valence-electron chi connectivity index (χ4n) is 6.54. The first-order valence-electron chi connectivity index (χ1n) is 15.8. The van der Waals surface area contributed by atoms with Crippen LogP contribution in [0, 0.1) is 5.82 Å². The molecule has 0 spiro atoms. The van der Waals surface area contributed by atoms with Crippen LogP contribution >= 0.6 is 11.6 Å². The molecule has 4 aromatic heterocycles. The maximum absolute atomic E-state index is 16.2. The summed E-state index contributed by atoms with van der Waals surface area (Å²) in [6.45, 7) is 2.16. The fraction of sp³-hybridized carbons (Fsp3) is 0.286. The Morgan fingerprint density at radius 1 is 1.12 bits per heavy atom. The number of aromatic amines is 1. The highest BCUT2D eigenvalue weighted by Gasteiger charge is 2.36. The number of H-pyrrole nitrogens is 1. The second kappa shape index (κ2) is 13.0. The lowest BCUT2D eigenvalue weighted by Crippen LogP contribution is -2.57. The Bertz CT molecular complexity index is 2150. The standard InChI is InChI=1S/C35H33ClFN7O5/c1-41(2)24-16-42(17-24)31-7-6-22(14-39-31)44-18-26(35(47)48)33(46)25-11-28(37)30(12-29(25)44)43-15-21(20-5-8-32(45)40-13-20)10-23(43)19-49-34-27(36)4-3-9-38-34/h3-9,11-14,18,21,23-24H,10,15-17,19H2,1-2H3,(H,40,45)(H,47,48)/t21?,23-/m1/s1. The van der Waals surface area contributed by atoms with Crippen molar-refractivity contribution >= 4 is 40.0 Å². The molecule has 0 saturated carbocycles. The van der Waals surface area contributed by atoms with Crippen molar-refractivity contribution in [3.63, 3.8) is 0 Å². The SMILES string of the molecule is CN(C)C1CN(c2ccc(-n3cc(C(=O)O)c(=O)c4cc(F)c(N5CC(c6ccc(=O)[nH]c6)C[C@@H]5COc5ncccc5Cl)cc43)cn2)C1. The minimum Gasteiger partial charge on any atom is -0.477 e. The third-order valence-corrected chi connectivity index (χ3v) is 9.66. The number of nitrogens with one attached hydrogen (secondary N) is 1. The monoisotopic (exact) mass is 685 g/mol. The summed E-state index contributed by atoms with van der Waals surface area (Å²) in [5, 5.41) is 10.1. The van der Waals surface area contributed by atoms with Crippen LogP contribution in [-0.2, 0) is 0 Å². The van der Waals surface area contributed by atoms with E-state index >= 15 is 4.39 Å². The first kappa shape index (κ1) is 32.3. The Hall–Kier alpha value is -5.27. The van der Waals surface area contributed by atoms with E-state index < -0.39 is 22.8 Å². The summed E-state index contributed by atoms with van der Waals surface area (Å²) in [7, 11) is 4.07. The molecule has 2 aliphatic heterocycles. The van der Waals surface area contributed by atoms with Gasteiger partial charge in [0.2, 0.25) is 16.9 Å². The van der Waals surface area contributed by atoms with Crippen LogP contribution < -0.4 is 25.5 Å². The zero-order chi connectivity index (χ0) is 34.4. The van der Waals surface area contributed by atoms with Gasteiger partial charge in [0, 0.05) is 61.6 Å². The molecule has 6 heterocycles. The molecule has 14 heteroatoms. The zero-order valence-corrected chi connectivity index (χ0v) is 27.5. The van der Waals surface area contributed by atoms with Crippen LogP contribution in [0.4, 0.5) is 15.9 Å². The number of carbonyl (C=O) groups is 1. The number of rotatable bonds is 9. The van der Waals surface area contributed by atoms with E-state index in [0.717, 1.165) is 30.5 Å². The van der Waals surface area contributed by atoms with Gasteiger partial charge in [-0.1, -0.05) is 17.7 Å². The van der Waals surface area contributed by atoms with E-state index in [2.05, 4.69) is 24.8 Å². The second-order valence-electron chi connectivity index (χ2n) is 12.6. The third kappa shape index (κ3) is 6.22. The Labute approximate surface area is 285 Å². The number of benzene rings is 1. The Morgan fingerprint density at radius 3 is 2.61 bits per heavy atom. The van der Waals surface area contributed by atoms with Gasteiger partial charge in [-0.25, -0.2) is 19.2 Å². The van der Waals surface area contributed by atoms with Crippen LogP contribution in [0.1, 0.15) is 28.3 Å². The summed E-state index contributed by atoms with van der Waals surface area (Å²) < 4.78 is 23.8. The minimum atomic E-state index is -1.42. The van der Waals surface area contributed by atoms with Gasteiger partial charge >= 0.3 is 5.97 Å². The number of ether oxygens (including phenoxy) is 1. The Balaban J connectivity index is 1.29. The number of aromatic nitrogens is 4. The molecule has 7 rings (SSSR count). The largest absolute Gasteiger partial charge is 0.477 e. The highest BCUT2D eigenvalue weighted by molar-refractivity contribution is 6.31. The molecule has 0 aliphatic carbocycles. The Morgan fingerprint density at radius 2 is 1.94 bits per heavy atom. The number of anilines is 2. The van der Waals surface area contributed by atoms with Gasteiger partial charge < -0.3 is 34.1 Å². The van der Waals surface area contributed by atoms with Gasteiger partial charge in [0.05, 0.1) is 29.1 Å². The molecule has 1 aromatic carbocycles. The molecule has 2 saturated heterocycles. The van der Waals surface area contributed by atoms with Crippen molar-refractivity contribution in [3.8, 4) is 11.6 Å². The van der Waals surface area contributed by atoms with Crippen molar-refractivity contribution in [1.82, 2.24) is 24.4 Å². The first-order valence-corrected chi connectivity index (χ1v) is 16.1. The number of fused-ring (bicyclic) bond motifs is 1. The van der Waals surface area contributed by atoms with Crippen LogP contribution in [0.3, 0.4) is 0 Å². The predicted molar refractivity (Wildman–Crippen MR) is 184 cm³/mol. The summed E-state index contributed by atoms with van der Waals surface area (Å²) in [6.07, 6.45) is 6.65. The topological polar surface area (TPSA) is 137 Å². The van der Waals surface area contributed by atoms with E-state index in [1.54, 1.807) is 53.5 Å². The third-order valence-electron chi connectivity index (χ3n) is 9.37. The normalized spacial score (nSPS) is 17.9. The molecule has 0 radical (unpaired) electrons. The van der Waals surface area contributed by atoms with E-state index in [1.807, 2.05) is 25.1 Å². The van der Waals surface area contributed by atoms with Crippen molar-refractivity contribution in [1.29, 1.82) is 0 Å². The summed E-state index contributed by atoms with van der Waals surface area (Å²) in [6, 6.07) is 13.0. The second-order valence-corrected chi connectivity index (χ2v) is 13.0. The van der Waals surface area contributed by atoms with Crippen molar-refractivity contribution < 1.29 is 19.0 Å². The Kier molecular flexibility index (Phi) is 8.55. The minimum absolute atomic E-state index is 0.0776. The predicted octanol–water partition coefficient (Wildman–Crippen LogP) is 4.15. The van der Waals surface area contributed by atoms with Crippen LogP contribution in [-0.4, -0.2) is 87.9 Å². The summed E-state index contributed by atoms with van der Waals surface area (Å²) in [4.78, 5) is 55.0. The highest BCUT2D eigenvalue weighted by Crippen LogP contribution is 2.38. The van der Waals surface area contributed by atoms with Crippen molar-refractivity contribution in [2.24, 2.45) is 0 Å². The van der Waals surface area contributed by atoms with Crippen LogP contribution in [0.2, 0.25) is 5.02 Å². The lowest BCUT2D eigenvalue weighted by molar-refractivity contribution is 0.0695. The highest BCUT2D eigenvalue weighted by atomic mass is 35.5. The summed E-state index contributed by atoms with van der Waals surface area (Å²) in [5.74, 6) is -1.18. The zero-order valence-electron chi connectivity index (χ0n) is 26.7. The molecule has 2 aliphatic rings. The molecule has 2 N–H and O–H groups in total. The molecule has 0 amide bonds. The van der Waals surface area contributed by atoms with E-state index in [-0.39, 0.29) is 41.1 Å². The molecule has 5 aromatic rings. The van der Waals surface area contributed by atoms with Crippen molar-refractivity contribution in [2.75, 3.05) is 50.1 Å². The van der Waals surface area contributed by atoms with Gasteiger partial charge in [0.25, 0.3) is 0 Å². The number of hydrogen-bond donors (Lipinski definition) is 2.